The number of nitrogens with one attached hydrogen (secondary N) is 1. The Morgan fingerprint density at radius 1 is 0.880 bits per heavy atom. The topological polar surface area (TPSA) is 38.0 Å². The molecule has 0 saturated heterocycles. The first-order valence-electron chi connectivity index (χ1n) is 20.0. The van der Waals surface area contributed by atoms with Gasteiger partial charge in [0.1, 0.15) is 0 Å². The van der Waals surface area contributed by atoms with Gasteiger partial charge in [-0.15, -0.1) is 0 Å². The average molecular weight is 665 g/mol. The van der Waals surface area contributed by atoms with Crippen molar-refractivity contribution < 1.29 is 0 Å². The molecular weight excluding hydrogens is 605 g/mol. The molecule has 0 aliphatic heterocycles. The highest BCUT2D eigenvalue weighted by molar-refractivity contribution is 5.53. The number of rotatable bonds is 10. The molecule has 2 nitrogen and oxygen atoms in total. The lowest BCUT2D eigenvalue weighted by atomic mass is 9.66. The fourth-order valence-corrected chi connectivity index (χ4v) is 10.1. The summed E-state index contributed by atoms with van der Waals surface area (Å²) in [5.41, 5.74) is 18.0. The lowest BCUT2D eigenvalue weighted by molar-refractivity contribution is 0.369. The van der Waals surface area contributed by atoms with Gasteiger partial charge in [-0.25, -0.2) is 0 Å². The van der Waals surface area contributed by atoms with Gasteiger partial charge in [0.05, 0.1) is 0 Å². The van der Waals surface area contributed by atoms with Gasteiger partial charge in [-0.3, -0.25) is 0 Å². The fourth-order valence-electron chi connectivity index (χ4n) is 10.1. The third kappa shape index (κ3) is 7.67. The molecule has 0 heterocycles. The Bertz CT molecular complexity index is 1650. The van der Waals surface area contributed by atoms with Crippen molar-refractivity contribution in [3.05, 3.63) is 155 Å². The molecule has 1 fully saturated rings. The van der Waals surface area contributed by atoms with Crippen LogP contribution in [0.25, 0.3) is 0 Å². The molecule has 7 aliphatic rings. The van der Waals surface area contributed by atoms with Gasteiger partial charge in [-0.1, -0.05) is 134 Å². The van der Waals surface area contributed by atoms with Gasteiger partial charge in [-0.05, 0) is 123 Å². The molecule has 2 heteroatoms. The van der Waals surface area contributed by atoms with Crippen molar-refractivity contribution in [2.24, 2.45) is 41.2 Å². The van der Waals surface area contributed by atoms with E-state index in [1.807, 2.05) is 6.08 Å². The van der Waals surface area contributed by atoms with Crippen LogP contribution in [0.15, 0.2) is 155 Å². The van der Waals surface area contributed by atoms with Crippen LogP contribution < -0.4 is 11.1 Å². The zero-order valence-electron chi connectivity index (χ0n) is 30.5. The second-order valence-corrected chi connectivity index (χ2v) is 15.8. The molecule has 0 spiro atoms. The summed E-state index contributed by atoms with van der Waals surface area (Å²) in [7, 11) is 0. The van der Waals surface area contributed by atoms with Gasteiger partial charge in [0.15, 0.2) is 0 Å². The van der Waals surface area contributed by atoms with Crippen LogP contribution >= 0.6 is 0 Å². The second-order valence-electron chi connectivity index (χ2n) is 15.8. The summed E-state index contributed by atoms with van der Waals surface area (Å²) in [6, 6.07) is 0.480. The maximum Gasteiger partial charge on any atom is 0.0250 e. The van der Waals surface area contributed by atoms with Crippen LogP contribution in [-0.4, -0.2) is 12.6 Å². The minimum atomic E-state index is 0.363. The molecule has 3 N–H and O–H groups in total. The Hall–Kier alpha value is -3.62. The summed E-state index contributed by atoms with van der Waals surface area (Å²) < 4.78 is 0. The second kappa shape index (κ2) is 16.6. The minimum Gasteiger partial charge on any atom is -0.404 e. The lowest BCUT2D eigenvalue weighted by Gasteiger charge is -2.38. The lowest BCUT2D eigenvalue weighted by Crippen LogP contribution is -2.37. The molecule has 7 aliphatic carbocycles. The Kier molecular flexibility index (Phi) is 11.6. The van der Waals surface area contributed by atoms with Gasteiger partial charge < -0.3 is 11.1 Å². The summed E-state index contributed by atoms with van der Waals surface area (Å²) in [5.74, 6) is 3.06. The van der Waals surface area contributed by atoms with Crippen LogP contribution in [0.2, 0.25) is 0 Å². The van der Waals surface area contributed by atoms with Gasteiger partial charge in [0, 0.05) is 36.3 Å². The van der Waals surface area contributed by atoms with Crippen molar-refractivity contribution in [1.29, 1.82) is 0 Å². The van der Waals surface area contributed by atoms with E-state index in [2.05, 4.69) is 110 Å². The van der Waals surface area contributed by atoms with E-state index in [1.165, 1.54) is 79.2 Å². The molecular formula is C48H60N2. The van der Waals surface area contributed by atoms with E-state index in [-0.39, 0.29) is 0 Å². The molecule has 0 aromatic carbocycles. The largest absolute Gasteiger partial charge is 0.404 e. The van der Waals surface area contributed by atoms with Crippen molar-refractivity contribution in [2.45, 2.75) is 96.4 Å². The number of nitrogens with two attached hydrogens (primary N) is 1. The van der Waals surface area contributed by atoms with Gasteiger partial charge in [0.2, 0.25) is 0 Å². The van der Waals surface area contributed by atoms with Crippen molar-refractivity contribution in [3.8, 4) is 0 Å². The third-order valence-corrected chi connectivity index (χ3v) is 13.0. The highest BCUT2D eigenvalue weighted by Crippen LogP contribution is 2.47. The highest BCUT2D eigenvalue weighted by atomic mass is 14.9. The van der Waals surface area contributed by atoms with Crippen LogP contribution in [0.5, 0.6) is 0 Å². The molecule has 50 heavy (non-hydrogen) atoms. The Labute approximate surface area is 303 Å². The van der Waals surface area contributed by atoms with Gasteiger partial charge in [0.25, 0.3) is 0 Å². The van der Waals surface area contributed by atoms with Crippen LogP contribution in [0.3, 0.4) is 0 Å². The molecule has 0 aromatic rings. The van der Waals surface area contributed by atoms with E-state index in [9.17, 15) is 0 Å². The third-order valence-electron chi connectivity index (χ3n) is 13.0. The van der Waals surface area contributed by atoms with Crippen LogP contribution in [0.4, 0.5) is 0 Å². The van der Waals surface area contributed by atoms with Crippen molar-refractivity contribution in [2.75, 3.05) is 6.54 Å². The van der Waals surface area contributed by atoms with E-state index in [0.29, 0.717) is 35.6 Å². The first-order chi connectivity index (χ1) is 24.6. The van der Waals surface area contributed by atoms with E-state index in [4.69, 9.17) is 5.73 Å². The average Bonchev–Trinajstić information content (AvgIpc) is 3.19. The molecule has 0 bridgehead atoms. The Balaban J connectivity index is 1.15. The van der Waals surface area contributed by atoms with Crippen LogP contribution in [0.1, 0.15) is 90.4 Å². The summed E-state index contributed by atoms with van der Waals surface area (Å²) in [6.07, 6.45) is 56.2. The first-order valence-corrected chi connectivity index (χ1v) is 20.0. The molecule has 6 atom stereocenters. The first kappa shape index (κ1) is 34.8. The molecule has 7 rings (SSSR count). The molecule has 0 radical (unpaired) electrons. The monoisotopic (exact) mass is 664 g/mol. The van der Waals surface area contributed by atoms with Gasteiger partial charge >= 0.3 is 0 Å². The summed E-state index contributed by atoms with van der Waals surface area (Å²) in [6.45, 7) is 7.43. The van der Waals surface area contributed by atoms with E-state index >= 15 is 0 Å². The summed E-state index contributed by atoms with van der Waals surface area (Å²) in [5, 5.41) is 4.00. The molecule has 1 saturated carbocycles. The maximum absolute atomic E-state index is 5.98. The SMILES string of the molecule is C=C/C(=C\N)C1CC=C(C(CNC2C=CCCC2)C2C=CC=C/C2=C(/C)C2=CC=C(C3=CC=C(C4CCCCC4)C4C=CC=CC34)CC2)CC1. The normalized spacial score (nSPS) is 31.6. The summed E-state index contributed by atoms with van der Waals surface area (Å²) in [4.78, 5) is 0. The quantitative estimate of drug-likeness (QED) is 0.180. The number of fused-ring (bicyclic) bond motifs is 1. The van der Waals surface area contributed by atoms with Crippen molar-refractivity contribution in [3.63, 3.8) is 0 Å². The summed E-state index contributed by atoms with van der Waals surface area (Å²) >= 11 is 0. The zero-order valence-corrected chi connectivity index (χ0v) is 30.5. The van der Waals surface area contributed by atoms with Crippen molar-refractivity contribution >= 4 is 0 Å². The Morgan fingerprint density at radius 2 is 1.72 bits per heavy atom. The van der Waals surface area contributed by atoms with Gasteiger partial charge in [-0.2, -0.15) is 0 Å². The Morgan fingerprint density at radius 3 is 2.44 bits per heavy atom. The fraction of sp³-hybridized carbons (Fsp3) is 0.458. The zero-order chi connectivity index (χ0) is 34.3. The highest BCUT2D eigenvalue weighted by Gasteiger charge is 2.35. The predicted octanol–water partition coefficient (Wildman–Crippen LogP) is 11.6. The van der Waals surface area contributed by atoms with Crippen molar-refractivity contribution in [1.82, 2.24) is 5.32 Å². The predicted molar refractivity (Wildman–Crippen MR) is 214 cm³/mol. The van der Waals surface area contributed by atoms with Crippen LogP contribution in [0, 0.1) is 35.5 Å². The number of allylic oxidation sites excluding steroid dienone is 22. The van der Waals surface area contributed by atoms with E-state index in [0.717, 1.165) is 44.6 Å². The van der Waals surface area contributed by atoms with E-state index < -0.39 is 0 Å². The molecule has 0 aromatic heterocycles. The smallest absolute Gasteiger partial charge is 0.0250 e. The molecule has 0 amide bonds. The molecule has 6 unspecified atom stereocenters. The van der Waals surface area contributed by atoms with Crippen LogP contribution in [-0.2, 0) is 0 Å². The molecule has 262 valence electrons. The minimum absolute atomic E-state index is 0.363. The maximum atomic E-state index is 5.98. The number of hydrogen-bond donors (Lipinski definition) is 2. The standard InChI is InChI=1S/C48H60N2/c1-3-35(32-49)37-24-28-40(29-25-37)48(33-50-41-16-8-5-9-17-41)45-19-11-10-18-42(45)34(2)36-22-26-39(27-23-36)44-31-30-43(38-14-6-4-7-15-38)46-20-12-13-21-47(44)46/h3,8,10-13,16,18-22,26,28,30-32,37-38,41,45-48,50H,1,4-7,9,14-15,17,23-25,27,29,33,49H2,2H3/b35-32+,42-34+. The van der Waals surface area contributed by atoms with E-state index in [1.54, 1.807) is 22.9 Å². The number of hydrogen-bond acceptors (Lipinski definition) is 2.